The highest BCUT2D eigenvalue weighted by Gasteiger charge is 2.17. The molecule has 152 valence electrons. The molecule has 0 aliphatic heterocycles. The Morgan fingerprint density at radius 1 is 1.17 bits per heavy atom. The molecule has 2 aromatic carbocycles. The van der Waals surface area contributed by atoms with E-state index in [9.17, 15) is 9.18 Å². The number of ether oxygens (including phenoxy) is 1. The Bertz CT molecular complexity index is 1250. The summed E-state index contributed by atoms with van der Waals surface area (Å²) in [6.45, 7) is 2.20. The molecule has 0 saturated heterocycles. The van der Waals surface area contributed by atoms with Crippen LogP contribution in [0, 0.1) is 12.7 Å². The third-order valence-corrected chi connectivity index (χ3v) is 4.62. The zero-order valence-electron chi connectivity index (χ0n) is 16.4. The number of carbonyl (C=O) groups is 1. The third-order valence-electron chi connectivity index (χ3n) is 4.62. The van der Waals surface area contributed by atoms with Crippen molar-refractivity contribution < 1.29 is 13.9 Å². The number of benzene rings is 2. The number of carbonyl (C=O) groups excluding carboxylic acids is 1. The SMILES string of the molecule is COc1nc(NCc2cccc(F)c2)nc(-n2c(C)cc3c(C(N)=O)cccc32)n1. The predicted octanol–water partition coefficient (Wildman–Crippen LogP) is 2.98. The molecule has 9 heteroatoms. The largest absolute Gasteiger partial charge is 0.467 e. The number of rotatable bonds is 6. The quantitative estimate of drug-likeness (QED) is 0.510. The molecule has 3 N–H and O–H groups in total. The number of halogens is 1. The Morgan fingerprint density at radius 2 is 1.97 bits per heavy atom. The lowest BCUT2D eigenvalue weighted by atomic mass is 10.1. The van der Waals surface area contributed by atoms with Gasteiger partial charge in [0.05, 0.1) is 12.6 Å². The van der Waals surface area contributed by atoms with Crippen molar-refractivity contribution in [3.8, 4) is 12.0 Å². The second-order valence-electron chi connectivity index (χ2n) is 6.65. The van der Waals surface area contributed by atoms with Crippen LogP contribution in [0.15, 0.2) is 48.5 Å². The smallest absolute Gasteiger partial charge is 0.322 e. The molecule has 4 aromatic rings. The molecule has 2 heterocycles. The van der Waals surface area contributed by atoms with Gasteiger partial charge in [0.25, 0.3) is 0 Å². The van der Waals surface area contributed by atoms with E-state index >= 15 is 0 Å². The number of nitrogens with zero attached hydrogens (tertiary/aromatic N) is 4. The van der Waals surface area contributed by atoms with Gasteiger partial charge in [-0.15, -0.1) is 0 Å². The van der Waals surface area contributed by atoms with Crippen LogP contribution in [0.4, 0.5) is 10.3 Å². The van der Waals surface area contributed by atoms with E-state index in [0.717, 1.165) is 16.8 Å². The first-order valence-electron chi connectivity index (χ1n) is 9.16. The molecule has 0 fully saturated rings. The summed E-state index contributed by atoms with van der Waals surface area (Å²) in [5, 5.41) is 3.77. The van der Waals surface area contributed by atoms with Crippen molar-refractivity contribution in [2.75, 3.05) is 12.4 Å². The van der Waals surface area contributed by atoms with Crippen LogP contribution < -0.4 is 15.8 Å². The van der Waals surface area contributed by atoms with Gasteiger partial charge in [-0.3, -0.25) is 9.36 Å². The molecule has 4 rings (SSSR count). The van der Waals surface area contributed by atoms with E-state index in [-0.39, 0.29) is 17.8 Å². The molecule has 2 aromatic heterocycles. The zero-order chi connectivity index (χ0) is 21.3. The topological polar surface area (TPSA) is 108 Å². The van der Waals surface area contributed by atoms with Crippen LogP contribution >= 0.6 is 0 Å². The van der Waals surface area contributed by atoms with E-state index in [1.54, 1.807) is 28.8 Å². The Labute approximate surface area is 171 Å². The molecule has 0 bridgehead atoms. The van der Waals surface area contributed by atoms with Gasteiger partial charge in [-0.25, -0.2) is 4.39 Å². The van der Waals surface area contributed by atoms with Crippen LogP contribution in [0.2, 0.25) is 0 Å². The normalized spacial score (nSPS) is 10.9. The third kappa shape index (κ3) is 3.64. The summed E-state index contributed by atoms with van der Waals surface area (Å²) in [5.41, 5.74) is 8.20. The molecule has 0 spiro atoms. The maximum atomic E-state index is 13.4. The lowest BCUT2D eigenvalue weighted by molar-refractivity contribution is 0.100. The maximum Gasteiger partial charge on any atom is 0.322 e. The van der Waals surface area contributed by atoms with E-state index in [2.05, 4.69) is 20.3 Å². The fourth-order valence-electron chi connectivity index (χ4n) is 3.29. The van der Waals surface area contributed by atoms with E-state index in [1.807, 2.05) is 19.1 Å². The molecule has 0 atom stereocenters. The molecule has 1 amide bonds. The van der Waals surface area contributed by atoms with Crippen LogP contribution in [-0.2, 0) is 6.54 Å². The number of methoxy groups -OCH3 is 1. The van der Waals surface area contributed by atoms with Crippen LogP contribution in [-0.4, -0.2) is 32.5 Å². The minimum absolute atomic E-state index is 0.119. The number of amides is 1. The van der Waals surface area contributed by atoms with E-state index in [4.69, 9.17) is 10.5 Å². The number of fused-ring (bicyclic) bond motifs is 1. The first-order chi connectivity index (χ1) is 14.5. The van der Waals surface area contributed by atoms with Crippen LogP contribution in [0.25, 0.3) is 16.9 Å². The van der Waals surface area contributed by atoms with Crippen LogP contribution in [0.1, 0.15) is 21.6 Å². The lowest BCUT2D eigenvalue weighted by Crippen LogP contribution is -2.12. The molecule has 0 aliphatic rings. The van der Waals surface area contributed by atoms with Gasteiger partial charge < -0.3 is 15.8 Å². The number of anilines is 1. The molecule has 30 heavy (non-hydrogen) atoms. The Hall–Kier alpha value is -4.01. The molecule has 0 aliphatic carbocycles. The fraction of sp³-hybridized carbons (Fsp3) is 0.143. The summed E-state index contributed by atoms with van der Waals surface area (Å²) in [4.78, 5) is 24.8. The first kappa shape index (κ1) is 19.3. The van der Waals surface area contributed by atoms with Gasteiger partial charge in [0.15, 0.2) is 0 Å². The van der Waals surface area contributed by atoms with Gasteiger partial charge in [-0.05, 0) is 42.8 Å². The average Bonchev–Trinajstić information content (AvgIpc) is 3.07. The number of aromatic nitrogens is 4. The second-order valence-corrected chi connectivity index (χ2v) is 6.65. The van der Waals surface area contributed by atoms with Gasteiger partial charge in [0.1, 0.15) is 5.82 Å². The van der Waals surface area contributed by atoms with Gasteiger partial charge in [-0.1, -0.05) is 18.2 Å². The van der Waals surface area contributed by atoms with Gasteiger partial charge in [0.2, 0.25) is 17.8 Å². The van der Waals surface area contributed by atoms with Gasteiger partial charge in [-0.2, -0.15) is 15.0 Å². The Morgan fingerprint density at radius 3 is 2.70 bits per heavy atom. The highest BCUT2D eigenvalue weighted by atomic mass is 19.1. The van der Waals surface area contributed by atoms with Gasteiger partial charge in [0, 0.05) is 23.2 Å². The van der Waals surface area contributed by atoms with E-state index < -0.39 is 5.91 Å². The summed E-state index contributed by atoms with van der Waals surface area (Å²) < 4.78 is 20.4. The van der Waals surface area contributed by atoms with Crippen molar-refractivity contribution in [1.82, 2.24) is 19.5 Å². The second kappa shape index (κ2) is 7.78. The molecular weight excluding hydrogens is 387 g/mol. The zero-order valence-corrected chi connectivity index (χ0v) is 16.4. The van der Waals surface area contributed by atoms with Gasteiger partial charge >= 0.3 is 6.01 Å². The first-order valence-corrected chi connectivity index (χ1v) is 9.16. The number of hydrogen-bond donors (Lipinski definition) is 2. The Balaban J connectivity index is 1.76. The molecule has 0 saturated carbocycles. The molecule has 0 unspecified atom stereocenters. The fourth-order valence-corrected chi connectivity index (χ4v) is 3.29. The maximum absolute atomic E-state index is 13.4. The average molecular weight is 406 g/mol. The van der Waals surface area contributed by atoms with E-state index in [0.29, 0.717) is 23.4 Å². The lowest BCUT2D eigenvalue weighted by Gasteiger charge is -2.11. The molecule has 0 radical (unpaired) electrons. The minimum Gasteiger partial charge on any atom is -0.467 e. The highest BCUT2D eigenvalue weighted by molar-refractivity contribution is 6.06. The predicted molar refractivity (Wildman–Crippen MR) is 110 cm³/mol. The standard InChI is InChI=1S/C21H19FN6O2/c1-12-9-16-15(18(23)29)7-4-8-17(16)28(12)20-25-19(26-21(27-20)30-2)24-11-13-5-3-6-14(22)10-13/h3-10H,11H2,1-2H3,(H2,23,29)(H,24,25,26,27). The summed E-state index contributed by atoms with van der Waals surface area (Å²) in [7, 11) is 1.46. The summed E-state index contributed by atoms with van der Waals surface area (Å²) >= 11 is 0. The number of hydrogen-bond acceptors (Lipinski definition) is 6. The van der Waals surface area contributed by atoms with Crippen molar-refractivity contribution in [1.29, 1.82) is 0 Å². The minimum atomic E-state index is -0.511. The summed E-state index contributed by atoms with van der Waals surface area (Å²) in [5.74, 6) is -0.238. The van der Waals surface area contributed by atoms with Crippen molar-refractivity contribution in [3.05, 3.63) is 71.2 Å². The van der Waals surface area contributed by atoms with Crippen molar-refractivity contribution >= 4 is 22.8 Å². The molecule has 8 nitrogen and oxygen atoms in total. The van der Waals surface area contributed by atoms with Crippen LogP contribution in [0.3, 0.4) is 0 Å². The van der Waals surface area contributed by atoms with E-state index in [1.165, 1.54) is 19.2 Å². The number of primary amides is 1. The van der Waals surface area contributed by atoms with Crippen molar-refractivity contribution in [2.45, 2.75) is 13.5 Å². The number of aryl methyl sites for hydroxylation is 1. The van der Waals surface area contributed by atoms with Crippen molar-refractivity contribution in [2.24, 2.45) is 5.73 Å². The summed E-state index contributed by atoms with van der Waals surface area (Å²) in [6, 6.07) is 13.5. The van der Waals surface area contributed by atoms with Crippen LogP contribution in [0.5, 0.6) is 6.01 Å². The number of nitrogens with two attached hydrogens (primary N) is 1. The highest BCUT2D eigenvalue weighted by Crippen LogP contribution is 2.26. The monoisotopic (exact) mass is 406 g/mol. The molecular formula is C21H19FN6O2. The van der Waals surface area contributed by atoms with Crippen molar-refractivity contribution in [3.63, 3.8) is 0 Å². The Kier molecular flexibility index (Phi) is 5.01. The number of nitrogens with one attached hydrogen (secondary N) is 1. The summed E-state index contributed by atoms with van der Waals surface area (Å²) in [6.07, 6.45) is 0.